The van der Waals surface area contributed by atoms with Crippen LogP contribution in [0, 0.1) is 0 Å². The molecular weight excluding hydrogens is 322 g/mol. The molecule has 0 spiro atoms. The van der Waals surface area contributed by atoms with E-state index in [2.05, 4.69) is 10.6 Å². The highest BCUT2D eigenvalue weighted by atomic mass is 16.6. The lowest BCUT2D eigenvalue weighted by Gasteiger charge is -2.32. The number of amides is 3. The molecule has 0 saturated carbocycles. The molecule has 1 saturated heterocycles. The molecule has 0 aliphatic carbocycles. The van der Waals surface area contributed by atoms with Gasteiger partial charge in [-0.1, -0.05) is 6.07 Å². The summed E-state index contributed by atoms with van der Waals surface area (Å²) in [6, 6.07) is 7.11. The number of alkyl carbamates (subject to hydrolysis) is 1. The Hall–Kier alpha value is -2.44. The van der Waals surface area contributed by atoms with Crippen LogP contribution in [0.25, 0.3) is 0 Å². The average molecular weight is 349 g/mol. The summed E-state index contributed by atoms with van der Waals surface area (Å²) in [5, 5.41) is 5.73. The number of likely N-dealkylation sites (tertiary alicyclic amines) is 1. The smallest absolute Gasteiger partial charge is 0.407 e. The number of nitrogens with one attached hydrogen (secondary N) is 2. The highest BCUT2D eigenvalue weighted by Crippen LogP contribution is 2.18. The summed E-state index contributed by atoms with van der Waals surface area (Å²) in [5.41, 5.74) is 0.180. The molecule has 138 valence electrons. The van der Waals surface area contributed by atoms with Crippen molar-refractivity contribution in [2.24, 2.45) is 0 Å². The van der Waals surface area contributed by atoms with Crippen LogP contribution in [0.1, 0.15) is 33.6 Å². The summed E-state index contributed by atoms with van der Waals surface area (Å²) in [6.07, 6.45) is 0.988. The van der Waals surface area contributed by atoms with Crippen molar-refractivity contribution in [2.75, 3.05) is 25.5 Å². The van der Waals surface area contributed by atoms with E-state index in [1.807, 2.05) is 39.0 Å². The van der Waals surface area contributed by atoms with Crippen molar-refractivity contribution in [1.29, 1.82) is 0 Å². The molecule has 1 heterocycles. The monoisotopic (exact) mass is 349 g/mol. The summed E-state index contributed by atoms with van der Waals surface area (Å²) < 4.78 is 10.4. The first-order chi connectivity index (χ1) is 11.8. The third kappa shape index (κ3) is 6.17. The topological polar surface area (TPSA) is 79.9 Å². The fourth-order valence-corrected chi connectivity index (χ4v) is 2.60. The number of nitrogens with zero attached hydrogens (tertiary/aromatic N) is 1. The number of carbonyl (C=O) groups excluding carboxylic acids is 2. The van der Waals surface area contributed by atoms with Crippen molar-refractivity contribution in [3.05, 3.63) is 24.3 Å². The van der Waals surface area contributed by atoms with Gasteiger partial charge in [-0.25, -0.2) is 9.59 Å². The Kier molecular flexibility index (Phi) is 6.12. The molecule has 0 atom stereocenters. The molecule has 7 heteroatoms. The second kappa shape index (κ2) is 8.09. The Morgan fingerprint density at radius 2 is 1.88 bits per heavy atom. The number of urea groups is 1. The SMILES string of the molecule is COc1cccc(NC(=O)N2CCC(NC(=O)OC(C)(C)C)CC2)c1. The van der Waals surface area contributed by atoms with Crippen LogP contribution in [-0.4, -0.2) is 48.9 Å². The van der Waals surface area contributed by atoms with Crippen LogP contribution in [0.2, 0.25) is 0 Å². The molecule has 0 unspecified atom stereocenters. The maximum absolute atomic E-state index is 12.3. The van der Waals surface area contributed by atoms with Gasteiger partial charge in [-0.3, -0.25) is 0 Å². The average Bonchev–Trinajstić information content (AvgIpc) is 2.53. The zero-order chi connectivity index (χ0) is 18.4. The summed E-state index contributed by atoms with van der Waals surface area (Å²) in [4.78, 5) is 25.9. The van der Waals surface area contributed by atoms with Crippen LogP contribution in [0.15, 0.2) is 24.3 Å². The van der Waals surface area contributed by atoms with Gasteiger partial charge in [0.2, 0.25) is 0 Å². The van der Waals surface area contributed by atoms with Gasteiger partial charge in [-0.15, -0.1) is 0 Å². The van der Waals surface area contributed by atoms with Crippen molar-refractivity contribution in [3.63, 3.8) is 0 Å². The molecule has 0 radical (unpaired) electrons. The minimum atomic E-state index is -0.512. The highest BCUT2D eigenvalue weighted by molar-refractivity contribution is 5.89. The van der Waals surface area contributed by atoms with E-state index in [1.165, 1.54) is 0 Å². The molecule has 1 aromatic carbocycles. The summed E-state index contributed by atoms with van der Waals surface area (Å²) in [6.45, 7) is 6.65. The number of hydrogen-bond acceptors (Lipinski definition) is 4. The van der Waals surface area contributed by atoms with Crippen LogP contribution >= 0.6 is 0 Å². The Morgan fingerprint density at radius 3 is 2.48 bits per heavy atom. The van der Waals surface area contributed by atoms with Crippen molar-refractivity contribution < 1.29 is 19.1 Å². The van der Waals surface area contributed by atoms with E-state index < -0.39 is 11.7 Å². The van der Waals surface area contributed by atoms with Crippen LogP contribution in [0.3, 0.4) is 0 Å². The maximum atomic E-state index is 12.3. The van der Waals surface area contributed by atoms with Crippen molar-refractivity contribution in [3.8, 4) is 5.75 Å². The molecule has 0 bridgehead atoms. The number of hydrogen-bond donors (Lipinski definition) is 2. The molecule has 1 aromatic rings. The molecule has 25 heavy (non-hydrogen) atoms. The van der Waals surface area contributed by atoms with E-state index in [0.717, 1.165) is 0 Å². The van der Waals surface area contributed by atoms with Crippen molar-refractivity contribution in [2.45, 2.75) is 45.3 Å². The number of ether oxygens (including phenoxy) is 2. The van der Waals surface area contributed by atoms with Crippen LogP contribution in [-0.2, 0) is 4.74 Å². The number of rotatable bonds is 3. The lowest BCUT2D eigenvalue weighted by atomic mass is 10.1. The fourth-order valence-electron chi connectivity index (χ4n) is 2.60. The Balaban J connectivity index is 1.79. The predicted octanol–water partition coefficient (Wildman–Crippen LogP) is 3.22. The van der Waals surface area contributed by atoms with Crippen LogP contribution < -0.4 is 15.4 Å². The first kappa shape index (κ1) is 18.9. The molecule has 3 amide bonds. The van der Waals surface area contributed by atoms with Crippen molar-refractivity contribution >= 4 is 17.8 Å². The summed E-state index contributed by atoms with van der Waals surface area (Å²) in [7, 11) is 1.59. The van der Waals surface area contributed by atoms with E-state index in [0.29, 0.717) is 37.4 Å². The van der Waals surface area contributed by atoms with Gasteiger partial charge in [0.05, 0.1) is 7.11 Å². The van der Waals surface area contributed by atoms with E-state index in [1.54, 1.807) is 18.1 Å². The number of benzene rings is 1. The summed E-state index contributed by atoms with van der Waals surface area (Å²) in [5.74, 6) is 0.693. The molecule has 2 rings (SSSR count). The van der Waals surface area contributed by atoms with Gasteiger partial charge < -0.3 is 25.0 Å². The molecular formula is C18H27N3O4. The zero-order valence-electron chi connectivity index (χ0n) is 15.3. The minimum Gasteiger partial charge on any atom is -0.497 e. The van der Waals surface area contributed by atoms with E-state index >= 15 is 0 Å². The standard InChI is InChI=1S/C18H27N3O4/c1-18(2,3)25-17(23)20-13-8-10-21(11-9-13)16(22)19-14-6-5-7-15(12-14)24-4/h5-7,12-13H,8-11H2,1-4H3,(H,19,22)(H,20,23). The highest BCUT2D eigenvalue weighted by Gasteiger charge is 2.25. The quantitative estimate of drug-likeness (QED) is 0.878. The first-order valence-corrected chi connectivity index (χ1v) is 8.46. The molecule has 2 N–H and O–H groups in total. The molecule has 1 fully saturated rings. The van der Waals surface area contributed by atoms with Gasteiger partial charge in [0.25, 0.3) is 0 Å². The van der Waals surface area contributed by atoms with Gasteiger partial charge in [0.1, 0.15) is 11.4 Å². The third-order valence-electron chi connectivity index (χ3n) is 3.82. The van der Waals surface area contributed by atoms with E-state index in [4.69, 9.17) is 9.47 Å². The Bertz CT molecular complexity index is 605. The number of piperidine rings is 1. The van der Waals surface area contributed by atoms with Crippen molar-refractivity contribution in [1.82, 2.24) is 10.2 Å². The van der Waals surface area contributed by atoms with Gasteiger partial charge in [0, 0.05) is 30.9 Å². The molecule has 1 aliphatic heterocycles. The fraction of sp³-hybridized carbons (Fsp3) is 0.556. The molecule has 7 nitrogen and oxygen atoms in total. The van der Waals surface area contributed by atoms with Gasteiger partial charge in [-0.2, -0.15) is 0 Å². The number of anilines is 1. The van der Waals surface area contributed by atoms with Crippen LogP contribution in [0.4, 0.5) is 15.3 Å². The number of methoxy groups -OCH3 is 1. The van der Waals surface area contributed by atoms with Gasteiger partial charge in [0.15, 0.2) is 0 Å². The third-order valence-corrected chi connectivity index (χ3v) is 3.82. The van der Waals surface area contributed by atoms with E-state index in [9.17, 15) is 9.59 Å². The van der Waals surface area contributed by atoms with Gasteiger partial charge in [-0.05, 0) is 45.7 Å². The minimum absolute atomic E-state index is 0.0238. The predicted molar refractivity (Wildman–Crippen MR) is 96.0 cm³/mol. The molecule has 0 aromatic heterocycles. The lowest BCUT2D eigenvalue weighted by Crippen LogP contribution is -2.48. The summed E-state index contributed by atoms with van der Waals surface area (Å²) >= 11 is 0. The van der Waals surface area contributed by atoms with E-state index in [-0.39, 0.29) is 12.1 Å². The van der Waals surface area contributed by atoms with Gasteiger partial charge >= 0.3 is 12.1 Å². The Labute approximate surface area is 148 Å². The first-order valence-electron chi connectivity index (χ1n) is 8.46. The lowest BCUT2D eigenvalue weighted by molar-refractivity contribution is 0.0486. The normalized spacial score (nSPS) is 15.4. The maximum Gasteiger partial charge on any atom is 0.407 e. The van der Waals surface area contributed by atoms with Crippen LogP contribution in [0.5, 0.6) is 5.75 Å². The second-order valence-corrected chi connectivity index (χ2v) is 7.07. The zero-order valence-corrected chi connectivity index (χ0v) is 15.3. The number of carbonyl (C=O) groups is 2. The second-order valence-electron chi connectivity index (χ2n) is 7.07. The molecule has 1 aliphatic rings. The Morgan fingerprint density at radius 1 is 1.20 bits per heavy atom. The largest absolute Gasteiger partial charge is 0.497 e.